The van der Waals surface area contributed by atoms with Gasteiger partial charge in [0.25, 0.3) is 0 Å². The molecule has 0 radical (unpaired) electrons. The van der Waals surface area contributed by atoms with E-state index in [2.05, 4.69) is 0 Å². The van der Waals surface area contributed by atoms with Crippen LogP contribution in [0.2, 0.25) is 0 Å². The summed E-state index contributed by atoms with van der Waals surface area (Å²) in [5, 5.41) is 6.95. The summed E-state index contributed by atoms with van der Waals surface area (Å²) in [6.45, 7) is 5.89. The second kappa shape index (κ2) is 8.03. The molecule has 5 heteroatoms. The van der Waals surface area contributed by atoms with Crippen LogP contribution >= 0.6 is 0 Å². The number of ether oxygens (including phenoxy) is 1. The van der Waals surface area contributed by atoms with Crippen LogP contribution in [0.3, 0.4) is 0 Å². The third-order valence-electron chi connectivity index (χ3n) is 5.12. The normalized spacial score (nSPS) is 13.5. The lowest BCUT2D eigenvalue weighted by atomic mass is 9.98. The first-order chi connectivity index (χ1) is 14.5. The lowest BCUT2D eigenvalue weighted by Gasteiger charge is -2.43. The van der Waals surface area contributed by atoms with Crippen LogP contribution in [0.15, 0.2) is 90.0 Å². The number of amidine groups is 1. The second-order valence-electron chi connectivity index (χ2n) is 7.54. The molecule has 0 saturated carbocycles. The number of para-hydroxylation sites is 3. The average molecular weight is 399 g/mol. The Bertz CT molecular complexity index is 1060. The average Bonchev–Trinajstić information content (AvgIpc) is 2.79. The van der Waals surface area contributed by atoms with Gasteiger partial charge in [-0.05, 0) is 45.0 Å². The van der Waals surface area contributed by atoms with Crippen molar-refractivity contribution in [3.63, 3.8) is 0 Å². The molecule has 3 aromatic carbocycles. The Kier molecular flexibility index (Phi) is 5.27. The highest BCUT2D eigenvalue weighted by molar-refractivity contribution is 6.17. The van der Waals surface area contributed by atoms with Gasteiger partial charge in [-0.3, -0.25) is 0 Å². The molecular formula is C25H25N3O2. The third kappa shape index (κ3) is 3.43. The fraction of sp³-hybridized carbons (Fsp3) is 0.200. The Morgan fingerprint density at radius 1 is 0.867 bits per heavy atom. The molecule has 1 aliphatic rings. The highest BCUT2D eigenvalue weighted by Gasteiger charge is 2.43. The summed E-state index contributed by atoms with van der Waals surface area (Å²) in [6.07, 6.45) is 0. The van der Waals surface area contributed by atoms with E-state index in [-0.39, 0.29) is 5.97 Å². The predicted molar refractivity (Wildman–Crippen MR) is 121 cm³/mol. The van der Waals surface area contributed by atoms with E-state index >= 15 is 0 Å². The summed E-state index contributed by atoms with van der Waals surface area (Å²) in [4.78, 5) is 15.0. The number of hydrazone groups is 1. The topological polar surface area (TPSA) is 45.1 Å². The van der Waals surface area contributed by atoms with Gasteiger partial charge >= 0.3 is 5.97 Å². The van der Waals surface area contributed by atoms with Crippen molar-refractivity contribution in [2.75, 3.05) is 16.5 Å². The standard InChI is InChI=1S/C25H25N3O2/c1-4-30-24(29)25(2,3)27-21-17-11-12-18-22(21)28(20-15-9-6-10-16-20)26-23(27)19-13-7-5-8-14-19/h5-18H,4H2,1-3H3. The van der Waals surface area contributed by atoms with Gasteiger partial charge in [0.15, 0.2) is 5.84 Å². The maximum absolute atomic E-state index is 13.0. The van der Waals surface area contributed by atoms with E-state index in [1.165, 1.54) is 0 Å². The summed E-state index contributed by atoms with van der Waals surface area (Å²) in [5.41, 5.74) is 2.72. The van der Waals surface area contributed by atoms with Crippen LogP contribution in [0.1, 0.15) is 26.3 Å². The maximum Gasteiger partial charge on any atom is 0.331 e. The SMILES string of the molecule is CCOC(=O)C(C)(C)N1C(c2ccccc2)=NN(c2ccccc2)c2ccccc21. The molecule has 0 N–H and O–H groups in total. The first-order valence-corrected chi connectivity index (χ1v) is 10.1. The number of carbonyl (C=O) groups excluding carboxylic acids is 1. The molecule has 0 saturated heterocycles. The van der Waals surface area contributed by atoms with Crippen LogP contribution in [0.4, 0.5) is 17.1 Å². The first kappa shape index (κ1) is 19.7. The lowest BCUT2D eigenvalue weighted by molar-refractivity contribution is -0.148. The van der Waals surface area contributed by atoms with Crippen LogP contribution in [0, 0.1) is 0 Å². The Balaban J connectivity index is 1.95. The van der Waals surface area contributed by atoms with Crippen LogP contribution in [0.25, 0.3) is 0 Å². The van der Waals surface area contributed by atoms with Gasteiger partial charge in [-0.2, -0.15) is 0 Å². The number of hydrogen-bond donors (Lipinski definition) is 0. The predicted octanol–water partition coefficient (Wildman–Crippen LogP) is 5.35. The molecule has 1 heterocycles. The highest BCUT2D eigenvalue weighted by Crippen LogP contribution is 2.42. The van der Waals surface area contributed by atoms with E-state index in [1.54, 1.807) is 0 Å². The zero-order valence-electron chi connectivity index (χ0n) is 17.4. The molecule has 4 rings (SSSR count). The Morgan fingerprint density at radius 2 is 1.43 bits per heavy atom. The molecule has 1 aliphatic heterocycles. The number of anilines is 3. The summed E-state index contributed by atoms with van der Waals surface area (Å²) in [6, 6.07) is 27.9. The van der Waals surface area contributed by atoms with E-state index in [1.807, 2.05) is 116 Å². The van der Waals surface area contributed by atoms with Crippen LogP contribution in [-0.4, -0.2) is 24.0 Å². The van der Waals surface area contributed by atoms with Gasteiger partial charge < -0.3 is 9.64 Å². The fourth-order valence-corrected chi connectivity index (χ4v) is 3.64. The smallest absolute Gasteiger partial charge is 0.331 e. The van der Waals surface area contributed by atoms with E-state index < -0.39 is 5.54 Å². The summed E-state index contributed by atoms with van der Waals surface area (Å²) in [7, 11) is 0. The van der Waals surface area contributed by atoms with E-state index in [9.17, 15) is 4.79 Å². The zero-order chi connectivity index (χ0) is 21.1. The lowest BCUT2D eigenvalue weighted by Crippen LogP contribution is -2.56. The van der Waals surface area contributed by atoms with Gasteiger partial charge in [0.1, 0.15) is 5.54 Å². The maximum atomic E-state index is 13.0. The number of esters is 1. The molecule has 0 unspecified atom stereocenters. The van der Waals surface area contributed by atoms with E-state index in [4.69, 9.17) is 9.84 Å². The molecule has 5 nitrogen and oxygen atoms in total. The number of rotatable bonds is 5. The molecule has 0 aromatic heterocycles. The van der Waals surface area contributed by atoms with Crippen molar-refractivity contribution in [3.8, 4) is 0 Å². The number of nitrogens with zero attached hydrogens (tertiary/aromatic N) is 3. The highest BCUT2D eigenvalue weighted by atomic mass is 16.5. The van der Waals surface area contributed by atoms with Crippen LogP contribution in [0.5, 0.6) is 0 Å². The number of carbonyl (C=O) groups is 1. The van der Waals surface area contributed by atoms with Gasteiger partial charge in [0.2, 0.25) is 0 Å². The van der Waals surface area contributed by atoms with Gasteiger partial charge in [-0.1, -0.05) is 60.7 Å². The molecular weight excluding hydrogens is 374 g/mol. The largest absolute Gasteiger partial charge is 0.464 e. The Hall–Kier alpha value is -3.60. The van der Waals surface area contributed by atoms with Crippen molar-refractivity contribution in [2.24, 2.45) is 5.10 Å². The van der Waals surface area contributed by atoms with Gasteiger partial charge in [-0.15, -0.1) is 5.10 Å². The second-order valence-corrected chi connectivity index (χ2v) is 7.54. The molecule has 152 valence electrons. The van der Waals surface area contributed by atoms with Crippen molar-refractivity contribution in [1.82, 2.24) is 0 Å². The van der Waals surface area contributed by atoms with Gasteiger partial charge in [0, 0.05) is 5.56 Å². The number of fused-ring (bicyclic) bond motifs is 1. The van der Waals surface area contributed by atoms with Gasteiger partial charge in [-0.25, -0.2) is 9.80 Å². The monoisotopic (exact) mass is 399 g/mol. The molecule has 0 spiro atoms. The number of hydrogen-bond acceptors (Lipinski definition) is 5. The molecule has 0 amide bonds. The van der Waals surface area contributed by atoms with E-state index in [0.717, 1.165) is 22.6 Å². The van der Waals surface area contributed by atoms with Crippen LogP contribution < -0.4 is 9.91 Å². The van der Waals surface area contributed by atoms with Crippen molar-refractivity contribution in [2.45, 2.75) is 26.3 Å². The quantitative estimate of drug-likeness (QED) is 0.543. The van der Waals surface area contributed by atoms with Crippen molar-refractivity contribution < 1.29 is 9.53 Å². The Morgan fingerprint density at radius 3 is 2.07 bits per heavy atom. The molecule has 0 bridgehead atoms. The van der Waals surface area contributed by atoms with Gasteiger partial charge in [0.05, 0.1) is 23.7 Å². The first-order valence-electron chi connectivity index (χ1n) is 10.1. The van der Waals surface area contributed by atoms with Crippen molar-refractivity contribution in [1.29, 1.82) is 0 Å². The van der Waals surface area contributed by atoms with Crippen molar-refractivity contribution in [3.05, 3.63) is 90.5 Å². The molecule has 3 aromatic rings. The summed E-state index contributed by atoms with van der Waals surface area (Å²) < 4.78 is 5.42. The minimum atomic E-state index is -0.955. The van der Waals surface area contributed by atoms with Crippen LogP contribution in [-0.2, 0) is 9.53 Å². The minimum Gasteiger partial charge on any atom is -0.464 e. The molecule has 30 heavy (non-hydrogen) atoms. The van der Waals surface area contributed by atoms with E-state index in [0.29, 0.717) is 12.4 Å². The molecule has 0 atom stereocenters. The number of benzene rings is 3. The van der Waals surface area contributed by atoms with Crippen molar-refractivity contribution >= 4 is 28.9 Å². The fourth-order valence-electron chi connectivity index (χ4n) is 3.64. The zero-order valence-corrected chi connectivity index (χ0v) is 17.4. The minimum absolute atomic E-state index is 0.295. The Labute approximate surface area is 177 Å². The molecule has 0 aliphatic carbocycles. The summed E-state index contributed by atoms with van der Waals surface area (Å²) in [5.74, 6) is 0.396. The summed E-state index contributed by atoms with van der Waals surface area (Å²) >= 11 is 0. The third-order valence-corrected chi connectivity index (χ3v) is 5.12. The molecule has 0 fully saturated rings.